The minimum Gasteiger partial charge on any atom is -0.497 e. The molecule has 33 heavy (non-hydrogen) atoms. The second kappa shape index (κ2) is 9.30. The zero-order valence-corrected chi connectivity index (χ0v) is 18.9. The Morgan fingerprint density at radius 3 is 2.15 bits per heavy atom. The Balaban J connectivity index is 1.73. The fourth-order valence-electron chi connectivity index (χ4n) is 3.38. The molecular formula is C25H22N2O5S. The van der Waals surface area contributed by atoms with Crippen LogP contribution in [-0.4, -0.2) is 33.6 Å². The zero-order valence-electron chi connectivity index (χ0n) is 18.1. The van der Waals surface area contributed by atoms with Crippen LogP contribution in [0.3, 0.4) is 0 Å². The van der Waals surface area contributed by atoms with Crippen molar-refractivity contribution < 1.29 is 22.7 Å². The van der Waals surface area contributed by atoms with Gasteiger partial charge in [-0.3, -0.25) is 4.79 Å². The van der Waals surface area contributed by atoms with Gasteiger partial charge in [0.25, 0.3) is 10.0 Å². The van der Waals surface area contributed by atoms with Gasteiger partial charge >= 0.3 is 0 Å². The highest BCUT2D eigenvalue weighted by molar-refractivity contribution is 7.90. The Labute approximate surface area is 192 Å². The molecule has 0 fully saturated rings. The molecule has 0 saturated carbocycles. The Morgan fingerprint density at radius 2 is 1.52 bits per heavy atom. The number of carbonyl (C=O) groups is 1. The highest BCUT2D eigenvalue weighted by Crippen LogP contribution is 2.26. The van der Waals surface area contributed by atoms with Gasteiger partial charge in [-0.15, -0.1) is 0 Å². The van der Waals surface area contributed by atoms with E-state index in [0.717, 1.165) is 0 Å². The molecule has 0 heterocycles. The molecule has 4 rings (SSSR count). The van der Waals surface area contributed by atoms with Gasteiger partial charge in [0.05, 0.1) is 30.0 Å². The lowest BCUT2D eigenvalue weighted by Crippen LogP contribution is -2.22. The second-order valence-electron chi connectivity index (χ2n) is 7.14. The molecule has 0 atom stereocenters. The topological polar surface area (TPSA) is 94.1 Å². The van der Waals surface area contributed by atoms with Gasteiger partial charge < -0.3 is 14.8 Å². The number of carbonyl (C=O) groups excluding carboxylic acids is 1. The van der Waals surface area contributed by atoms with Gasteiger partial charge in [0.2, 0.25) is 5.78 Å². The van der Waals surface area contributed by atoms with Gasteiger partial charge in [0.1, 0.15) is 11.5 Å². The molecule has 0 spiro atoms. The number of nitrogens with one attached hydrogen (secondary N) is 1. The summed E-state index contributed by atoms with van der Waals surface area (Å²) in [6, 6.07) is 19.9. The number of sulfonamides is 1. The highest BCUT2D eigenvalue weighted by atomic mass is 32.2. The van der Waals surface area contributed by atoms with Crippen molar-refractivity contribution in [3.05, 3.63) is 95.7 Å². The summed E-state index contributed by atoms with van der Waals surface area (Å²) in [5, 5.41) is 3.08. The van der Waals surface area contributed by atoms with Crippen LogP contribution in [0, 0.1) is 0 Å². The lowest BCUT2D eigenvalue weighted by molar-refractivity contribution is 0.103. The van der Waals surface area contributed by atoms with Crippen LogP contribution in [0.4, 0.5) is 5.69 Å². The average Bonchev–Trinajstić information content (AvgIpc) is 2.83. The number of ketones is 1. The predicted molar refractivity (Wildman–Crippen MR) is 127 cm³/mol. The first-order chi connectivity index (χ1) is 15.9. The van der Waals surface area contributed by atoms with Crippen molar-refractivity contribution >= 4 is 27.2 Å². The summed E-state index contributed by atoms with van der Waals surface area (Å²) in [5.41, 5.74) is 1.89. The zero-order chi connectivity index (χ0) is 23.4. The smallest absolute Gasteiger partial charge is 0.282 e. The quantitative estimate of drug-likeness (QED) is 0.557. The molecule has 0 aliphatic heterocycles. The molecule has 1 aliphatic carbocycles. The summed E-state index contributed by atoms with van der Waals surface area (Å²) in [7, 11) is -2.52. The Hall–Kier alpha value is -3.91. The third-order valence-corrected chi connectivity index (χ3v) is 6.30. The number of allylic oxidation sites excluding steroid dienone is 2. The van der Waals surface area contributed by atoms with Gasteiger partial charge in [-0.25, -0.2) is 0 Å². The lowest BCUT2D eigenvalue weighted by atomic mass is 9.92. The van der Waals surface area contributed by atoms with Gasteiger partial charge in [0.15, 0.2) is 0 Å². The van der Waals surface area contributed by atoms with E-state index < -0.39 is 10.0 Å². The van der Waals surface area contributed by atoms with Gasteiger partial charge in [-0.1, -0.05) is 24.3 Å². The average molecular weight is 463 g/mol. The Bertz CT molecular complexity index is 1340. The molecule has 3 aromatic rings. The maximum Gasteiger partial charge on any atom is 0.282 e. The van der Waals surface area contributed by atoms with Gasteiger partial charge in [0, 0.05) is 16.8 Å². The number of anilines is 1. The molecule has 7 nitrogen and oxygen atoms in total. The molecular weight excluding hydrogens is 440 g/mol. The summed E-state index contributed by atoms with van der Waals surface area (Å²) in [5.74, 6) is 1.00. The van der Waals surface area contributed by atoms with Gasteiger partial charge in [-0.05, 0) is 61.5 Å². The van der Waals surface area contributed by atoms with E-state index in [2.05, 4.69) is 9.71 Å². The second-order valence-corrected chi connectivity index (χ2v) is 8.75. The molecule has 0 amide bonds. The number of nitrogens with zero attached hydrogens (tertiary/aromatic N) is 1. The van der Waals surface area contributed by atoms with E-state index >= 15 is 0 Å². The van der Waals surface area contributed by atoms with Crippen LogP contribution in [0.5, 0.6) is 11.5 Å². The Kier molecular flexibility index (Phi) is 6.28. The summed E-state index contributed by atoms with van der Waals surface area (Å²) in [4.78, 5) is 13.1. The number of rotatable bonds is 7. The van der Waals surface area contributed by atoms with Crippen LogP contribution in [0.2, 0.25) is 0 Å². The number of hydrogen-bond acceptors (Lipinski definition) is 6. The maximum atomic E-state index is 13.1. The van der Waals surface area contributed by atoms with Crippen molar-refractivity contribution in [1.29, 1.82) is 0 Å². The Morgan fingerprint density at radius 1 is 0.879 bits per heavy atom. The standard InChI is InChI=1S/C25H22N2O5S/c1-3-32-19-10-8-17(9-11-19)26-24-16-23(21-6-4-5-7-22(21)25(24)28)27-33(29,30)20-14-12-18(31-2)13-15-20/h4-16,26H,3H2,1-2H3/b27-23-. The molecule has 1 aliphatic rings. The van der Waals surface area contributed by atoms with Crippen molar-refractivity contribution in [3.63, 3.8) is 0 Å². The third kappa shape index (κ3) is 4.80. The third-order valence-electron chi connectivity index (χ3n) is 4.99. The van der Waals surface area contributed by atoms with E-state index in [1.165, 1.54) is 25.3 Å². The normalized spacial score (nSPS) is 14.4. The van der Waals surface area contributed by atoms with Crippen molar-refractivity contribution in [2.24, 2.45) is 4.40 Å². The molecule has 0 aromatic heterocycles. The molecule has 168 valence electrons. The molecule has 0 radical (unpaired) electrons. The minimum absolute atomic E-state index is 0.0274. The molecule has 1 N–H and O–H groups in total. The van der Waals surface area contributed by atoms with Crippen LogP contribution in [0.1, 0.15) is 22.8 Å². The van der Waals surface area contributed by atoms with Crippen molar-refractivity contribution in [2.45, 2.75) is 11.8 Å². The predicted octanol–water partition coefficient (Wildman–Crippen LogP) is 4.46. The van der Waals surface area contributed by atoms with Crippen molar-refractivity contribution in [3.8, 4) is 11.5 Å². The fraction of sp³-hybridized carbons (Fsp3) is 0.120. The highest BCUT2D eigenvalue weighted by Gasteiger charge is 2.26. The summed E-state index contributed by atoms with van der Waals surface area (Å²) >= 11 is 0. The molecule has 8 heteroatoms. The van der Waals surface area contributed by atoms with E-state index in [1.807, 2.05) is 6.92 Å². The van der Waals surface area contributed by atoms with Crippen molar-refractivity contribution in [1.82, 2.24) is 0 Å². The number of ether oxygens (including phenoxy) is 2. The van der Waals surface area contributed by atoms with E-state index in [1.54, 1.807) is 60.7 Å². The first-order valence-electron chi connectivity index (χ1n) is 10.3. The summed E-state index contributed by atoms with van der Waals surface area (Å²) < 4.78 is 40.5. The van der Waals surface area contributed by atoms with E-state index in [9.17, 15) is 13.2 Å². The minimum atomic E-state index is -4.02. The number of hydrogen-bond donors (Lipinski definition) is 1. The molecule has 0 unspecified atom stereocenters. The van der Waals surface area contributed by atoms with Crippen LogP contribution >= 0.6 is 0 Å². The lowest BCUT2D eigenvalue weighted by Gasteiger charge is -2.19. The van der Waals surface area contributed by atoms with Crippen LogP contribution in [-0.2, 0) is 10.0 Å². The first-order valence-corrected chi connectivity index (χ1v) is 11.7. The number of methoxy groups -OCH3 is 1. The summed E-state index contributed by atoms with van der Waals surface area (Å²) in [6.45, 7) is 2.45. The largest absolute Gasteiger partial charge is 0.497 e. The van der Waals surface area contributed by atoms with E-state index in [4.69, 9.17) is 9.47 Å². The molecule has 0 saturated heterocycles. The SMILES string of the molecule is CCOc1ccc(NC2=C/C(=N/S(=O)(=O)c3ccc(OC)cc3)c3ccccc3C2=O)cc1. The monoisotopic (exact) mass is 462 g/mol. The van der Waals surface area contributed by atoms with E-state index in [0.29, 0.717) is 34.9 Å². The number of benzene rings is 3. The number of fused-ring (bicyclic) bond motifs is 1. The molecule has 0 bridgehead atoms. The maximum absolute atomic E-state index is 13.1. The van der Waals surface area contributed by atoms with Crippen LogP contribution < -0.4 is 14.8 Å². The summed E-state index contributed by atoms with van der Waals surface area (Å²) in [6.07, 6.45) is 1.46. The van der Waals surface area contributed by atoms with E-state index in [-0.39, 0.29) is 22.1 Å². The van der Waals surface area contributed by atoms with Crippen LogP contribution in [0.25, 0.3) is 0 Å². The number of Topliss-reactive ketones (excluding diaryl/α,β-unsaturated/α-hetero) is 1. The molecule has 3 aromatic carbocycles. The fourth-order valence-corrected chi connectivity index (χ4v) is 4.38. The first kappa shape index (κ1) is 22.3. The van der Waals surface area contributed by atoms with Crippen molar-refractivity contribution in [2.75, 3.05) is 19.0 Å². The van der Waals surface area contributed by atoms with Gasteiger partial charge in [-0.2, -0.15) is 12.8 Å². The van der Waals surface area contributed by atoms with Crippen LogP contribution in [0.15, 0.2) is 93.9 Å².